The average Bonchev–Trinajstić information content (AvgIpc) is 3.06. The lowest BCUT2D eigenvalue weighted by molar-refractivity contribution is -0.101. The van der Waals surface area contributed by atoms with Crippen LogP contribution < -0.4 is 0 Å². The van der Waals surface area contributed by atoms with Crippen LogP contribution in [0.5, 0.6) is 0 Å². The normalized spacial score (nSPS) is 22.8. The minimum absolute atomic E-state index is 0.0990. The highest BCUT2D eigenvalue weighted by molar-refractivity contribution is 4.88. The molecule has 172 valence electrons. The van der Waals surface area contributed by atoms with Gasteiger partial charge >= 0.3 is 0 Å². The lowest BCUT2D eigenvalue weighted by atomic mass is 10.0. The largest absolute Gasteiger partial charge is 0.394 e. The van der Waals surface area contributed by atoms with E-state index >= 15 is 0 Å². The van der Waals surface area contributed by atoms with Crippen LogP contribution in [0.4, 0.5) is 0 Å². The van der Waals surface area contributed by atoms with Gasteiger partial charge in [-0.25, -0.2) is 0 Å². The first-order valence-electron chi connectivity index (χ1n) is 12.0. The Morgan fingerprint density at radius 1 is 0.828 bits per heavy atom. The number of hydrogen-bond donors (Lipinski definition) is 3. The van der Waals surface area contributed by atoms with E-state index in [9.17, 15) is 15.3 Å². The van der Waals surface area contributed by atoms with E-state index in [1.54, 1.807) is 0 Å². The van der Waals surface area contributed by atoms with E-state index in [1.165, 1.54) is 83.5 Å². The lowest BCUT2D eigenvalue weighted by Gasteiger charge is -2.24. The van der Waals surface area contributed by atoms with Crippen molar-refractivity contribution < 1.29 is 24.8 Å². The minimum atomic E-state index is -0.977. The molecule has 5 heteroatoms. The summed E-state index contributed by atoms with van der Waals surface area (Å²) in [5, 5.41) is 28.8. The quantitative estimate of drug-likeness (QED) is 0.202. The number of hydrogen-bond acceptors (Lipinski definition) is 5. The van der Waals surface area contributed by atoms with Crippen LogP contribution in [-0.2, 0) is 9.47 Å². The van der Waals surface area contributed by atoms with Gasteiger partial charge in [-0.1, -0.05) is 83.1 Å². The number of aliphatic hydroxyl groups excluding tert-OH is 3. The molecule has 0 radical (unpaired) electrons. The van der Waals surface area contributed by atoms with Gasteiger partial charge in [0.2, 0.25) is 0 Å². The highest BCUT2D eigenvalue weighted by Gasteiger charge is 2.40. The Bertz CT molecular complexity index is 376. The monoisotopic (exact) mass is 414 g/mol. The molecule has 0 bridgehead atoms. The molecule has 1 aliphatic rings. The molecule has 0 aromatic rings. The minimum Gasteiger partial charge on any atom is -0.394 e. The van der Waals surface area contributed by atoms with Crippen molar-refractivity contribution in [2.75, 3.05) is 19.8 Å². The summed E-state index contributed by atoms with van der Waals surface area (Å²) in [5.41, 5.74) is 0. The van der Waals surface area contributed by atoms with Crippen molar-refractivity contribution in [1.82, 2.24) is 0 Å². The van der Waals surface area contributed by atoms with Crippen LogP contribution >= 0.6 is 0 Å². The van der Waals surface area contributed by atoms with Gasteiger partial charge in [-0.2, -0.15) is 0 Å². The maximum absolute atomic E-state index is 9.83. The molecule has 5 nitrogen and oxygen atoms in total. The fourth-order valence-corrected chi connectivity index (χ4v) is 3.95. The summed E-state index contributed by atoms with van der Waals surface area (Å²) in [4.78, 5) is 0. The Morgan fingerprint density at radius 2 is 1.31 bits per heavy atom. The lowest BCUT2D eigenvalue weighted by Crippen LogP contribution is -2.42. The van der Waals surface area contributed by atoms with Crippen LogP contribution in [0.1, 0.15) is 96.3 Å². The summed E-state index contributed by atoms with van der Waals surface area (Å²) >= 11 is 0. The van der Waals surface area contributed by atoms with E-state index in [2.05, 4.69) is 6.58 Å². The highest BCUT2D eigenvalue weighted by Crippen LogP contribution is 2.20. The second-order valence-electron chi connectivity index (χ2n) is 8.47. The summed E-state index contributed by atoms with van der Waals surface area (Å²) < 4.78 is 11.0. The van der Waals surface area contributed by atoms with Crippen molar-refractivity contribution in [2.24, 2.45) is 0 Å². The summed E-state index contributed by atoms with van der Waals surface area (Å²) in [7, 11) is 0. The van der Waals surface area contributed by atoms with Gasteiger partial charge in [0.15, 0.2) is 0 Å². The Balaban J connectivity index is 1.81. The first kappa shape index (κ1) is 26.6. The van der Waals surface area contributed by atoms with Crippen molar-refractivity contribution in [3.63, 3.8) is 0 Å². The highest BCUT2D eigenvalue weighted by atomic mass is 16.6. The van der Waals surface area contributed by atoms with Gasteiger partial charge in [-0.3, -0.25) is 0 Å². The fourth-order valence-electron chi connectivity index (χ4n) is 3.95. The van der Waals surface area contributed by atoms with Crippen molar-refractivity contribution >= 4 is 0 Å². The number of ether oxygens (including phenoxy) is 2. The third kappa shape index (κ3) is 12.7. The molecule has 0 aliphatic carbocycles. The van der Waals surface area contributed by atoms with Crippen LogP contribution in [0.25, 0.3) is 0 Å². The molecule has 4 atom stereocenters. The van der Waals surface area contributed by atoms with E-state index in [-0.39, 0.29) is 13.2 Å². The van der Waals surface area contributed by atoms with E-state index in [0.717, 1.165) is 12.8 Å². The summed E-state index contributed by atoms with van der Waals surface area (Å²) in [6.07, 6.45) is 18.4. The first-order chi connectivity index (χ1) is 14.2. The number of aliphatic hydroxyl groups is 3. The van der Waals surface area contributed by atoms with Crippen LogP contribution in [0.15, 0.2) is 12.7 Å². The third-order valence-electron chi connectivity index (χ3n) is 5.87. The van der Waals surface area contributed by atoms with Gasteiger partial charge in [0.05, 0.1) is 13.2 Å². The van der Waals surface area contributed by atoms with E-state index in [0.29, 0.717) is 6.61 Å². The summed E-state index contributed by atoms with van der Waals surface area (Å²) in [5.74, 6) is 0. The average molecular weight is 415 g/mol. The molecule has 0 aromatic carbocycles. The van der Waals surface area contributed by atoms with Crippen molar-refractivity contribution in [1.29, 1.82) is 0 Å². The van der Waals surface area contributed by atoms with Crippen molar-refractivity contribution in [3.8, 4) is 0 Å². The van der Waals surface area contributed by atoms with Gasteiger partial charge in [0.1, 0.15) is 24.4 Å². The fraction of sp³-hybridized carbons (Fsp3) is 0.917. The van der Waals surface area contributed by atoms with Gasteiger partial charge in [-0.05, 0) is 19.3 Å². The Morgan fingerprint density at radius 3 is 1.72 bits per heavy atom. The Kier molecular flexibility index (Phi) is 16.8. The zero-order valence-corrected chi connectivity index (χ0v) is 18.5. The second-order valence-corrected chi connectivity index (χ2v) is 8.47. The second kappa shape index (κ2) is 18.3. The SMILES string of the molecule is C=CCCCCCCCCCCCCCCCCO[C@@H](CO)[C@@H]1OC[C@@H](O)[C@@H]1O. The molecule has 3 N–H and O–H groups in total. The van der Waals surface area contributed by atoms with E-state index in [4.69, 9.17) is 9.47 Å². The predicted octanol–water partition coefficient (Wildman–Crippen LogP) is 4.52. The smallest absolute Gasteiger partial charge is 0.114 e. The molecule has 1 aliphatic heterocycles. The van der Waals surface area contributed by atoms with Gasteiger partial charge in [-0.15, -0.1) is 6.58 Å². The molecule has 1 fully saturated rings. The van der Waals surface area contributed by atoms with Crippen LogP contribution in [0.3, 0.4) is 0 Å². The number of allylic oxidation sites excluding steroid dienone is 1. The molecule has 1 heterocycles. The summed E-state index contributed by atoms with van der Waals surface area (Å²) in [6.45, 7) is 4.21. The van der Waals surface area contributed by atoms with Crippen LogP contribution in [0.2, 0.25) is 0 Å². The van der Waals surface area contributed by atoms with Crippen molar-refractivity contribution in [2.45, 2.75) is 121 Å². The molecule has 0 spiro atoms. The zero-order valence-electron chi connectivity index (χ0n) is 18.5. The summed E-state index contributed by atoms with van der Waals surface area (Å²) in [6, 6.07) is 0. The molecule has 0 aromatic heterocycles. The Labute approximate surface area is 178 Å². The Hall–Kier alpha value is -0.460. The topological polar surface area (TPSA) is 79.2 Å². The molecule has 1 rings (SSSR count). The van der Waals surface area contributed by atoms with Gasteiger partial charge in [0, 0.05) is 6.61 Å². The van der Waals surface area contributed by atoms with Gasteiger partial charge < -0.3 is 24.8 Å². The standard InChI is InChI=1S/C24H46O5/c1-2-3-4-5-6-7-8-9-10-11-12-13-14-15-16-17-18-28-22(19-25)24-23(27)21(26)20-29-24/h2,21-27H,1,3-20H2/t21-,22+,23+,24+/m1/s1. The maximum Gasteiger partial charge on any atom is 0.114 e. The van der Waals surface area contributed by atoms with E-state index < -0.39 is 24.4 Å². The molecular formula is C24H46O5. The van der Waals surface area contributed by atoms with Crippen LogP contribution in [-0.4, -0.2) is 59.6 Å². The van der Waals surface area contributed by atoms with Crippen LogP contribution in [0, 0.1) is 0 Å². The predicted molar refractivity (Wildman–Crippen MR) is 118 cm³/mol. The van der Waals surface area contributed by atoms with E-state index in [1.807, 2.05) is 6.08 Å². The van der Waals surface area contributed by atoms with Gasteiger partial charge in [0.25, 0.3) is 0 Å². The molecule has 1 saturated heterocycles. The first-order valence-corrected chi connectivity index (χ1v) is 12.0. The maximum atomic E-state index is 9.83. The molecule has 29 heavy (non-hydrogen) atoms. The zero-order chi connectivity index (χ0) is 21.2. The molecular weight excluding hydrogens is 368 g/mol. The number of unbranched alkanes of at least 4 members (excludes halogenated alkanes) is 14. The van der Waals surface area contributed by atoms with Crippen molar-refractivity contribution in [3.05, 3.63) is 12.7 Å². The molecule has 0 unspecified atom stereocenters. The number of rotatable bonds is 20. The molecule has 0 amide bonds. The molecule has 0 saturated carbocycles. The third-order valence-corrected chi connectivity index (χ3v) is 5.87.